The van der Waals surface area contributed by atoms with Gasteiger partial charge in [-0.2, -0.15) is 0 Å². The van der Waals surface area contributed by atoms with Crippen LogP contribution in [0.2, 0.25) is 0 Å². The van der Waals surface area contributed by atoms with Crippen molar-refractivity contribution >= 4 is 16.9 Å². The molecule has 0 aromatic carbocycles. The molecule has 1 saturated heterocycles. The van der Waals surface area contributed by atoms with E-state index in [0.717, 1.165) is 23.9 Å². The van der Waals surface area contributed by atoms with Gasteiger partial charge in [-0.15, -0.1) is 0 Å². The molecule has 0 radical (unpaired) electrons. The number of ether oxygens (including phenoxy) is 1. The van der Waals surface area contributed by atoms with E-state index in [4.69, 9.17) is 4.74 Å². The molecule has 1 fully saturated rings. The van der Waals surface area contributed by atoms with Crippen LogP contribution in [0.5, 0.6) is 5.88 Å². The molecule has 3 rings (SSSR count). The van der Waals surface area contributed by atoms with Gasteiger partial charge in [0.05, 0.1) is 0 Å². The summed E-state index contributed by atoms with van der Waals surface area (Å²) in [6.07, 6.45) is 5.05. The van der Waals surface area contributed by atoms with Gasteiger partial charge in [0.25, 0.3) is 0 Å². The molecule has 1 amide bonds. The Hall–Kier alpha value is -2.08. The monoisotopic (exact) mass is 246 g/mol. The largest absolute Gasteiger partial charge is 0.416 e. The highest BCUT2D eigenvalue weighted by atomic mass is 16.6. The Morgan fingerprint density at radius 1 is 1.28 bits per heavy atom. The van der Waals surface area contributed by atoms with E-state index < -0.39 is 0 Å². The normalized spacial score (nSPS) is 15.9. The SMILES string of the molecule is O=C(Oc1cc2c[nH]cc2cn1)N1CCNCC1. The van der Waals surface area contributed by atoms with Crippen LogP contribution >= 0.6 is 0 Å². The molecule has 0 atom stereocenters. The number of hydrogen-bond donors (Lipinski definition) is 2. The van der Waals surface area contributed by atoms with Gasteiger partial charge in [-0.3, -0.25) is 0 Å². The van der Waals surface area contributed by atoms with Crippen molar-refractivity contribution in [2.24, 2.45) is 0 Å². The molecule has 0 saturated carbocycles. The number of amides is 1. The van der Waals surface area contributed by atoms with E-state index in [2.05, 4.69) is 15.3 Å². The molecule has 0 unspecified atom stereocenters. The molecule has 18 heavy (non-hydrogen) atoms. The van der Waals surface area contributed by atoms with Crippen molar-refractivity contribution in [2.45, 2.75) is 0 Å². The van der Waals surface area contributed by atoms with Crippen LogP contribution in [0.4, 0.5) is 4.79 Å². The second-order valence-corrected chi connectivity index (χ2v) is 4.21. The zero-order valence-electron chi connectivity index (χ0n) is 9.85. The third kappa shape index (κ3) is 2.14. The standard InChI is InChI=1S/C12H14N4O2/c17-12(16-3-1-13-2-4-16)18-11-5-9-6-14-7-10(9)8-15-11/h5-8,13-14H,1-4H2. The predicted molar refractivity (Wildman–Crippen MR) is 66.6 cm³/mol. The van der Waals surface area contributed by atoms with Crippen molar-refractivity contribution < 1.29 is 9.53 Å². The highest BCUT2D eigenvalue weighted by molar-refractivity contribution is 5.82. The number of carbonyl (C=O) groups excluding carboxylic acids is 1. The summed E-state index contributed by atoms with van der Waals surface area (Å²) in [6, 6.07) is 1.76. The van der Waals surface area contributed by atoms with Gasteiger partial charge in [0, 0.05) is 61.6 Å². The zero-order valence-corrected chi connectivity index (χ0v) is 9.85. The van der Waals surface area contributed by atoms with Crippen LogP contribution < -0.4 is 10.1 Å². The number of H-pyrrole nitrogens is 1. The van der Waals surface area contributed by atoms with Gasteiger partial charge in [-0.05, 0) is 0 Å². The topological polar surface area (TPSA) is 70.2 Å². The highest BCUT2D eigenvalue weighted by Gasteiger charge is 2.18. The Balaban J connectivity index is 1.72. The average molecular weight is 246 g/mol. The van der Waals surface area contributed by atoms with Crippen LogP contribution in [0.3, 0.4) is 0 Å². The van der Waals surface area contributed by atoms with E-state index >= 15 is 0 Å². The minimum atomic E-state index is -0.334. The van der Waals surface area contributed by atoms with Crippen molar-refractivity contribution in [3.05, 3.63) is 24.7 Å². The lowest BCUT2D eigenvalue weighted by Crippen LogP contribution is -2.47. The number of piperazine rings is 1. The van der Waals surface area contributed by atoms with Gasteiger partial charge in [-0.1, -0.05) is 0 Å². The number of carbonyl (C=O) groups is 1. The lowest BCUT2D eigenvalue weighted by atomic mass is 10.3. The third-order valence-electron chi connectivity index (χ3n) is 2.99. The van der Waals surface area contributed by atoms with Gasteiger partial charge in [0.15, 0.2) is 0 Å². The van der Waals surface area contributed by atoms with Crippen LogP contribution in [0.15, 0.2) is 24.7 Å². The maximum absolute atomic E-state index is 11.9. The first-order chi connectivity index (χ1) is 8.83. The molecule has 0 aliphatic carbocycles. The quantitative estimate of drug-likeness (QED) is 0.786. The van der Waals surface area contributed by atoms with Crippen LogP contribution in [0, 0.1) is 0 Å². The Morgan fingerprint density at radius 2 is 2.06 bits per heavy atom. The zero-order chi connectivity index (χ0) is 12.4. The number of fused-ring (bicyclic) bond motifs is 1. The van der Waals surface area contributed by atoms with Crippen molar-refractivity contribution in [2.75, 3.05) is 26.2 Å². The number of nitrogens with one attached hydrogen (secondary N) is 2. The summed E-state index contributed by atoms with van der Waals surface area (Å²) < 4.78 is 5.27. The summed E-state index contributed by atoms with van der Waals surface area (Å²) in [4.78, 5) is 20.6. The van der Waals surface area contributed by atoms with Crippen molar-refractivity contribution in [1.82, 2.24) is 20.2 Å². The number of aromatic amines is 1. The average Bonchev–Trinajstić information content (AvgIpc) is 2.87. The Morgan fingerprint density at radius 3 is 2.89 bits per heavy atom. The molecule has 6 heteroatoms. The minimum absolute atomic E-state index is 0.334. The molecule has 2 aromatic rings. The Labute approximate surface area is 104 Å². The molecule has 0 bridgehead atoms. The number of nitrogens with zero attached hydrogens (tertiary/aromatic N) is 2. The molecule has 94 valence electrons. The van der Waals surface area contributed by atoms with E-state index in [0.29, 0.717) is 19.0 Å². The summed E-state index contributed by atoms with van der Waals surface area (Å²) in [7, 11) is 0. The summed E-state index contributed by atoms with van der Waals surface area (Å²) in [6.45, 7) is 2.95. The molecule has 0 spiro atoms. The lowest BCUT2D eigenvalue weighted by molar-refractivity contribution is 0.144. The van der Waals surface area contributed by atoms with E-state index in [1.165, 1.54) is 0 Å². The van der Waals surface area contributed by atoms with E-state index in [9.17, 15) is 4.79 Å². The molecule has 2 aromatic heterocycles. The molecular weight excluding hydrogens is 232 g/mol. The van der Waals surface area contributed by atoms with Crippen molar-refractivity contribution in [3.63, 3.8) is 0 Å². The molecule has 1 aliphatic heterocycles. The van der Waals surface area contributed by atoms with E-state index in [1.807, 2.05) is 12.4 Å². The fourth-order valence-electron chi connectivity index (χ4n) is 1.99. The number of hydrogen-bond acceptors (Lipinski definition) is 4. The number of pyridine rings is 1. The van der Waals surface area contributed by atoms with Crippen LogP contribution in [-0.2, 0) is 0 Å². The van der Waals surface area contributed by atoms with E-state index in [1.54, 1.807) is 17.2 Å². The van der Waals surface area contributed by atoms with Gasteiger partial charge in [-0.25, -0.2) is 9.78 Å². The van der Waals surface area contributed by atoms with E-state index in [-0.39, 0.29) is 6.09 Å². The second kappa shape index (κ2) is 4.66. The molecular formula is C12H14N4O2. The van der Waals surface area contributed by atoms with Gasteiger partial charge in [0.1, 0.15) is 0 Å². The Kier molecular flexibility index (Phi) is 2.85. The smallest absolute Gasteiger partial charge is 0.391 e. The van der Waals surface area contributed by atoms with Crippen LogP contribution in [0.1, 0.15) is 0 Å². The maximum atomic E-state index is 11.9. The van der Waals surface area contributed by atoms with Gasteiger partial charge >= 0.3 is 6.09 Å². The van der Waals surface area contributed by atoms with Crippen LogP contribution in [-0.4, -0.2) is 47.1 Å². The minimum Gasteiger partial charge on any atom is -0.391 e. The Bertz CT molecular complexity index is 560. The first-order valence-electron chi connectivity index (χ1n) is 5.93. The van der Waals surface area contributed by atoms with Crippen LogP contribution in [0.25, 0.3) is 10.8 Å². The number of rotatable bonds is 1. The number of aromatic nitrogens is 2. The van der Waals surface area contributed by atoms with Gasteiger partial charge in [0.2, 0.25) is 5.88 Å². The summed E-state index contributed by atoms with van der Waals surface area (Å²) >= 11 is 0. The third-order valence-corrected chi connectivity index (χ3v) is 2.99. The molecule has 2 N–H and O–H groups in total. The predicted octanol–water partition coefficient (Wildman–Crippen LogP) is 0.967. The summed E-state index contributed by atoms with van der Waals surface area (Å²) in [5, 5.41) is 5.16. The second-order valence-electron chi connectivity index (χ2n) is 4.21. The first-order valence-corrected chi connectivity index (χ1v) is 5.93. The maximum Gasteiger partial charge on any atom is 0.416 e. The first kappa shape index (κ1) is 11.0. The molecule has 1 aliphatic rings. The van der Waals surface area contributed by atoms with Crippen molar-refractivity contribution in [3.8, 4) is 5.88 Å². The lowest BCUT2D eigenvalue weighted by Gasteiger charge is -2.26. The fraction of sp³-hybridized carbons (Fsp3) is 0.333. The van der Waals surface area contributed by atoms with Crippen molar-refractivity contribution in [1.29, 1.82) is 0 Å². The van der Waals surface area contributed by atoms with Gasteiger partial charge < -0.3 is 19.9 Å². The highest BCUT2D eigenvalue weighted by Crippen LogP contribution is 2.17. The fourth-order valence-corrected chi connectivity index (χ4v) is 1.99. The summed E-state index contributed by atoms with van der Waals surface area (Å²) in [5.74, 6) is 0.339. The molecule has 6 nitrogen and oxygen atoms in total. The molecule has 3 heterocycles. The summed E-state index contributed by atoms with van der Waals surface area (Å²) in [5.41, 5.74) is 0.